The Morgan fingerprint density at radius 3 is 2.53 bits per heavy atom. The van der Waals surface area contributed by atoms with Gasteiger partial charge in [0.25, 0.3) is 0 Å². The highest BCUT2D eigenvalue weighted by atomic mass is 16.4. The Balaban J connectivity index is 2.16. The van der Waals surface area contributed by atoms with E-state index in [-0.39, 0.29) is 17.4 Å². The monoisotopic (exact) mass is 261 g/mol. The quantitative estimate of drug-likeness (QED) is 0.878. The molecule has 0 saturated heterocycles. The molecule has 0 heterocycles. The van der Waals surface area contributed by atoms with Gasteiger partial charge >= 0.3 is 5.97 Å². The molecular weight excluding hydrogens is 242 g/mol. The van der Waals surface area contributed by atoms with Crippen LogP contribution in [0.5, 0.6) is 0 Å². The Hall–Kier alpha value is -1.84. The first-order valence-electron chi connectivity index (χ1n) is 6.73. The lowest BCUT2D eigenvalue weighted by atomic mass is 9.88. The van der Waals surface area contributed by atoms with Gasteiger partial charge in [-0.05, 0) is 31.4 Å². The number of carboxylic acids is 1. The van der Waals surface area contributed by atoms with E-state index < -0.39 is 5.97 Å². The van der Waals surface area contributed by atoms with E-state index in [1.165, 1.54) is 6.42 Å². The second-order valence-corrected chi connectivity index (χ2v) is 5.13. The molecule has 1 fully saturated rings. The molecule has 0 aliphatic heterocycles. The van der Waals surface area contributed by atoms with Crippen molar-refractivity contribution in [2.75, 3.05) is 5.32 Å². The molecule has 0 radical (unpaired) electrons. The summed E-state index contributed by atoms with van der Waals surface area (Å²) >= 11 is 0. The van der Waals surface area contributed by atoms with Crippen molar-refractivity contribution in [3.8, 4) is 0 Å². The van der Waals surface area contributed by atoms with Crippen LogP contribution < -0.4 is 5.32 Å². The van der Waals surface area contributed by atoms with Gasteiger partial charge < -0.3 is 10.4 Å². The average molecular weight is 261 g/mol. The van der Waals surface area contributed by atoms with E-state index >= 15 is 0 Å². The van der Waals surface area contributed by atoms with Crippen molar-refractivity contribution in [3.05, 3.63) is 29.3 Å². The summed E-state index contributed by atoms with van der Waals surface area (Å²) in [7, 11) is 0. The summed E-state index contributed by atoms with van der Waals surface area (Å²) in [5, 5.41) is 12.0. The molecule has 1 saturated carbocycles. The maximum absolute atomic E-state index is 12.1. The molecule has 2 N–H and O–H groups in total. The molecule has 0 aromatic heterocycles. The van der Waals surface area contributed by atoms with Crippen molar-refractivity contribution in [3.63, 3.8) is 0 Å². The van der Waals surface area contributed by atoms with Crippen LogP contribution in [0.15, 0.2) is 18.2 Å². The first-order valence-corrected chi connectivity index (χ1v) is 6.73. The smallest absolute Gasteiger partial charge is 0.338 e. The fourth-order valence-corrected chi connectivity index (χ4v) is 2.66. The van der Waals surface area contributed by atoms with Crippen LogP contribution in [0.2, 0.25) is 0 Å². The number of anilines is 1. The summed E-state index contributed by atoms with van der Waals surface area (Å²) in [6.45, 7) is 1.74. The summed E-state index contributed by atoms with van der Waals surface area (Å²) in [5.74, 6) is -1.03. The highest BCUT2D eigenvalue weighted by Crippen LogP contribution is 2.26. The van der Waals surface area contributed by atoms with Crippen LogP contribution in [-0.2, 0) is 4.79 Å². The Kier molecular flexibility index (Phi) is 4.20. The lowest BCUT2D eigenvalue weighted by Crippen LogP contribution is -2.25. The zero-order valence-electron chi connectivity index (χ0n) is 11.1. The minimum atomic E-state index is -1.00. The summed E-state index contributed by atoms with van der Waals surface area (Å²) < 4.78 is 0. The number of carbonyl (C=O) groups excluding carboxylic acids is 1. The molecule has 1 aromatic carbocycles. The summed E-state index contributed by atoms with van der Waals surface area (Å²) in [6.07, 6.45) is 5.16. The van der Waals surface area contributed by atoms with Gasteiger partial charge in [0.05, 0.1) is 11.3 Å². The van der Waals surface area contributed by atoms with E-state index in [0.717, 1.165) is 25.7 Å². The van der Waals surface area contributed by atoms with Gasteiger partial charge in [0.2, 0.25) is 5.91 Å². The fourth-order valence-electron chi connectivity index (χ4n) is 2.66. The van der Waals surface area contributed by atoms with Crippen LogP contribution in [-0.4, -0.2) is 17.0 Å². The molecule has 4 heteroatoms. The second-order valence-electron chi connectivity index (χ2n) is 5.13. The topological polar surface area (TPSA) is 66.4 Å². The molecular formula is C15H19NO3. The van der Waals surface area contributed by atoms with Gasteiger partial charge in [-0.2, -0.15) is 0 Å². The lowest BCUT2D eigenvalue weighted by molar-refractivity contribution is -0.120. The maximum atomic E-state index is 12.1. The standard InChI is InChI=1S/C15H19NO3/c1-10-6-5-9-12(13(10)15(18)19)16-14(17)11-7-3-2-4-8-11/h5-6,9,11H,2-4,7-8H2,1H3,(H,16,17)(H,18,19). The van der Waals surface area contributed by atoms with Gasteiger partial charge in [-0.25, -0.2) is 4.79 Å². The van der Waals surface area contributed by atoms with Crippen molar-refractivity contribution in [1.29, 1.82) is 0 Å². The minimum absolute atomic E-state index is 0.0240. The molecule has 4 nitrogen and oxygen atoms in total. The number of aromatic carboxylic acids is 1. The molecule has 2 rings (SSSR count). The zero-order valence-corrected chi connectivity index (χ0v) is 11.1. The third-order valence-electron chi connectivity index (χ3n) is 3.72. The molecule has 19 heavy (non-hydrogen) atoms. The third-order valence-corrected chi connectivity index (χ3v) is 3.72. The number of aryl methyl sites for hydroxylation is 1. The molecule has 1 amide bonds. The third kappa shape index (κ3) is 3.13. The maximum Gasteiger partial charge on any atom is 0.338 e. The highest BCUT2D eigenvalue weighted by molar-refractivity contribution is 6.02. The SMILES string of the molecule is Cc1cccc(NC(=O)C2CCCCC2)c1C(=O)O. The van der Waals surface area contributed by atoms with Crippen LogP contribution >= 0.6 is 0 Å². The first kappa shape index (κ1) is 13.6. The van der Waals surface area contributed by atoms with Crippen molar-refractivity contribution >= 4 is 17.6 Å². The number of carboxylic acid groups (broad SMARTS) is 1. The predicted octanol–water partition coefficient (Wildman–Crippen LogP) is 3.21. The molecule has 0 spiro atoms. The molecule has 0 bridgehead atoms. The minimum Gasteiger partial charge on any atom is -0.478 e. The number of carbonyl (C=O) groups is 2. The Labute approximate surface area is 112 Å². The number of hydrogen-bond donors (Lipinski definition) is 2. The molecule has 1 aromatic rings. The van der Waals surface area contributed by atoms with Gasteiger partial charge in [0, 0.05) is 5.92 Å². The Morgan fingerprint density at radius 2 is 1.89 bits per heavy atom. The van der Waals surface area contributed by atoms with E-state index in [0.29, 0.717) is 11.3 Å². The second kappa shape index (κ2) is 5.87. The van der Waals surface area contributed by atoms with Crippen LogP contribution in [0, 0.1) is 12.8 Å². The predicted molar refractivity (Wildman–Crippen MR) is 73.3 cm³/mol. The normalized spacial score (nSPS) is 16.1. The van der Waals surface area contributed by atoms with Crippen LogP contribution in [0.3, 0.4) is 0 Å². The molecule has 102 valence electrons. The average Bonchev–Trinajstić information content (AvgIpc) is 2.39. The van der Waals surface area contributed by atoms with Crippen LogP contribution in [0.4, 0.5) is 5.69 Å². The summed E-state index contributed by atoms with van der Waals surface area (Å²) in [4.78, 5) is 23.4. The highest BCUT2D eigenvalue weighted by Gasteiger charge is 2.23. The van der Waals surface area contributed by atoms with Crippen molar-refractivity contribution in [2.45, 2.75) is 39.0 Å². The van der Waals surface area contributed by atoms with Gasteiger partial charge in [-0.15, -0.1) is 0 Å². The summed E-state index contributed by atoms with van der Waals surface area (Å²) in [6, 6.07) is 5.15. The van der Waals surface area contributed by atoms with E-state index in [4.69, 9.17) is 0 Å². The largest absolute Gasteiger partial charge is 0.478 e. The number of amides is 1. The summed E-state index contributed by atoms with van der Waals surface area (Å²) in [5.41, 5.74) is 1.25. The van der Waals surface area contributed by atoms with E-state index in [9.17, 15) is 14.7 Å². The van der Waals surface area contributed by atoms with E-state index in [1.807, 2.05) is 0 Å². The number of hydrogen-bond acceptors (Lipinski definition) is 2. The molecule has 1 aliphatic carbocycles. The molecule has 0 atom stereocenters. The Morgan fingerprint density at radius 1 is 1.21 bits per heavy atom. The van der Waals surface area contributed by atoms with E-state index in [1.54, 1.807) is 25.1 Å². The number of benzene rings is 1. The van der Waals surface area contributed by atoms with Gasteiger partial charge in [0.1, 0.15) is 0 Å². The lowest BCUT2D eigenvalue weighted by Gasteiger charge is -2.21. The van der Waals surface area contributed by atoms with Crippen LogP contribution in [0.25, 0.3) is 0 Å². The fraction of sp³-hybridized carbons (Fsp3) is 0.467. The Bertz CT molecular complexity index is 490. The van der Waals surface area contributed by atoms with Crippen LogP contribution in [0.1, 0.15) is 48.0 Å². The zero-order chi connectivity index (χ0) is 13.8. The van der Waals surface area contributed by atoms with Gasteiger partial charge in [0.15, 0.2) is 0 Å². The molecule has 0 unspecified atom stereocenters. The van der Waals surface area contributed by atoms with Gasteiger partial charge in [-0.1, -0.05) is 31.4 Å². The van der Waals surface area contributed by atoms with Crippen molar-refractivity contribution in [1.82, 2.24) is 0 Å². The van der Waals surface area contributed by atoms with Gasteiger partial charge in [-0.3, -0.25) is 4.79 Å². The van der Waals surface area contributed by atoms with Crippen molar-refractivity contribution < 1.29 is 14.7 Å². The van der Waals surface area contributed by atoms with Crippen molar-refractivity contribution in [2.24, 2.45) is 5.92 Å². The number of nitrogens with one attached hydrogen (secondary N) is 1. The first-order chi connectivity index (χ1) is 9.09. The number of rotatable bonds is 3. The van der Waals surface area contributed by atoms with E-state index in [2.05, 4.69) is 5.32 Å². The molecule has 1 aliphatic rings.